The van der Waals surface area contributed by atoms with Gasteiger partial charge in [0.05, 0.1) is 23.9 Å². The summed E-state index contributed by atoms with van der Waals surface area (Å²) < 4.78 is 13.4. The van der Waals surface area contributed by atoms with Gasteiger partial charge in [-0.2, -0.15) is 0 Å². The average molecular weight is 1040 g/mol. The van der Waals surface area contributed by atoms with E-state index in [1.807, 2.05) is 52.0 Å². The summed E-state index contributed by atoms with van der Waals surface area (Å²) >= 11 is 1.31. The number of nitrogens with zero attached hydrogens (tertiary/aromatic N) is 1. The maximum atomic E-state index is 14.0. The molecule has 1 aromatic heterocycles. The van der Waals surface area contributed by atoms with Crippen molar-refractivity contribution in [1.29, 1.82) is 0 Å². The van der Waals surface area contributed by atoms with Gasteiger partial charge in [0.25, 0.3) is 0 Å². The molecule has 4 amide bonds. The van der Waals surface area contributed by atoms with Gasteiger partial charge in [-0.25, -0.2) is 4.98 Å². The number of fused-ring (bicyclic) bond motifs is 7. The molecule has 5 aliphatic rings. The normalized spacial score (nSPS) is 30.2. The fourth-order valence-corrected chi connectivity index (χ4v) is 13.8. The van der Waals surface area contributed by atoms with Crippen molar-refractivity contribution in [2.24, 2.45) is 28.6 Å². The van der Waals surface area contributed by atoms with Crippen molar-refractivity contribution < 1.29 is 53.6 Å². The number of carbonyl (C=O) groups is 6. The molecule has 0 spiro atoms. The van der Waals surface area contributed by atoms with Crippen molar-refractivity contribution in [2.75, 3.05) is 23.8 Å². The van der Waals surface area contributed by atoms with E-state index in [0.29, 0.717) is 29.9 Å². The quantitative estimate of drug-likeness (QED) is 0.0601. The smallest absolute Gasteiger partial charge is 0.305 e. The van der Waals surface area contributed by atoms with E-state index in [1.54, 1.807) is 18.3 Å². The number of thioether (sulfide) groups is 1. The molecule has 402 valence electrons. The molecule has 18 heteroatoms. The molecule has 1 aromatic carbocycles. The zero-order valence-electron chi connectivity index (χ0n) is 43.9. The zero-order chi connectivity index (χ0) is 53.7. The molecule has 17 nitrogen and oxygen atoms in total. The number of unbranched alkanes of at least 4 members (excludes halogenated alkanes) is 1. The number of benzene rings is 1. The highest BCUT2D eigenvalue weighted by Gasteiger charge is 2.76. The Kier molecular flexibility index (Phi) is 18.0. The van der Waals surface area contributed by atoms with Crippen LogP contribution in [0.15, 0.2) is 78.0 Å². The molecular formula is C56H76N6O11S. The van der Waals surface area contributed by atoms with Crippen molar-refractivity contribution in [3.63, 3.8) is 0 Å². The number of aliphatic hydroxyl groups is 2. The molecule has 4 aliphatic carbocycles. The molecule has 7 rings (SSSR count). The molecule has 0 radical (unpaired) electrons. The molecule has 0 bridgehead atoms. The topological polar surface area (TPSA) is 255 Å². The minimum atomic E-state index is -1.43. The summed E-state index contributed by atoms with van der Waals surface area (Å²) in [6, 6.07) is 8.73. The van der Waals surface area contributed by atoms with E-state index in [9.17, 15) is 44.1 Å². The van der Waals surface area contributed by atoms with Gasteiger partial charge in [0.2, 0.25) is 23.6 Å². The number of hydrogen-bond acceptors (Lipinski definition) is 13. The number of ketones is 1. The lowest BCUT2D eigenvalue weighted by Crippen LogP contribution is -2.63. The number of aliphatic hydroxyl groups excluding tert-OH is 2. The molecule has 8 N–H and O–H groups in total. The van der Waals surface area contributed by atoms with Gasteiger partial charge in [0, 0.05) is 58.5 Å². The van der Waals surface area contributed by atoms with Crippen molar-refractivity contribution in [3.05, 3.63) is 89.2 Å². The van der Waals surface area contributed by atoms with Gasteiger partial charge in [0.15, 0.2) is 17.7 Å². The number of carboxylic acid groups (broad SMARTS) is 1. The molecule has 14 atom stereocenters. The highest BCUT2D eigenvalue weighted by atomic mass is 32.2. The van der Waals surface area contributed by atoms with Crippen LogP contribution >= 0.6 is 11.8 Å². The second-order valence-electron chi connectivity index (χ2n) is 21.4. The van der Waals surface area contributed by atoms with E-state index in [4.69, 9.17) is 9.47 Å². The number of aliphatic carboxylic acids is 1. The van der Waals surface area contributed by atoms with E-state index in [0.717, 1.165) is 37.7 Å². The van der Waals surface area contributed by atoms with Crippen molar-refractivity contribution in [2.45, 2.75) is 166 Å². The molecule has 4 unspecified atom stereocenters. The van der Waals surface area contributed by atoms with Crippen LogP contribution in [0.5, 0.6) is 0 Å². The first-order valence-electron chi connectivity index (χ1n) is 26.3. The SMILES string of the molecule is C/C=C1\C=C[C@@]2(C)C(=C1)CC[C@@H]1C2[C@@H](O)C[C@@]2(C)C1C[C@H]1O[C@@H](c3ccc(N[C@@H](C)c4ccc(NC(=O)[C@H](C)NC(=O)[C@H](C)NC(=O)CCNC(=O)C(CC(=O)O)SC(C)CCCC)cc4)nc3)O[C@]12C(=O)CO. The molecule has 2 aromatic rings. The van der Waals surface area contributed by atoms with Crippen LogP contribution in [0, 0.1) is 28.6 Å². The lowest BCUT2D eigenvalue weighted by molar-refractivity contribution is -0.201. The molecule has 1 aliphatic heterocycles. The minimum absolute atomic E-state index is 0.0162. The molecule has 74 heavy (non-hydrogen) atoms. The maximum absolute atomic E-state index is 14.0. The summed E-state index contributed by atoms with van der Waals surface area (Å²) in [6.07, 6.45) is 13.3. The van der Waals surface area contributed by atoms with Gasteiger partial charge in [-0.05, 0) is 107 Å². The Morgan fingerprint density at radius 2 is 1.70 bits per heavy atom. The number of Topliss-reactive ketones (excluding diaryl/α,β-unsaturated/α-hetero) is 1. The van der Waals surface area contributed by atoms with Gasteiger partial charge in [-0.1, -0.05) is 82.5 Å². The largest absolute Gasteiger partial charge is 0.481 e. The number of ether oxygens (including phenoxy) is 2. The van der Waals surface area contributed by atoms with Gasteiger partial charge in [0.1, 0.15) is 24.5 Å². The Labute approximate surface area is 438 Å². The van der Waals surface area contributed by atoms with Crippen LogP contribution in [0.1, 0.15) is 137 Å². The van der Waals surface area contributed by atoms with E-state index >= 15 is 0 Å². The first-order chi connectivity index (χ1) is 35.2. The third kappa shape index (κ3) is 11.7. The Hall–Kier alpha value is -5.40. The number of allylic oxidation sites excluding steroid dienone is 6. The fraction of sp³-hybridized carbons (Fsp3) is 0.589. The van der Waals surface area contributed by atoms with Gasteiger partial charge < -0.3 is 51.4 Å². The molecular weight excluding hydrogens is 965 g/mol. The zero-order valence-corrected chi connectivity index (χ0v) is 44.8. The van der Waals surface area contributed by atoms with Gasteiger partial charge in [-0.3, -0.25) is 28.8 Å². The molecule has 3 saturated carbocycles. The summed E-state index contributed by atoms with van der Waals surface area (Å²) in [5, 5.41) is 45.1. The first-order valence-corrected chi connectivity index (χ1v) is 27.2. The summed E-state index contributed by atoms with van der Waals surface area (Å²) in [7, 11) is 0. The Morgan fingerprint density at radius 1 is 0.973 bits per heavy atom. The second kappa shape index (κ2) is 23.6. The summed E-state index contributed by atoms with van der Waals surface area (Å²) in [6.45, 7) is 14.6. The standard InChI is InChI=1S/C56H76N6O11S/c1-9-11-12-31(3)74-43(27-48(67)68)52(71)57-24-22-47(66)60-33(5)50(69)61-34(6)51(70)62-39-17-13-36(14-18-39)32(4)59-46-20-15-37(29-58-46)53-72-45-26-41-40-19-16-38-25-35(10-2)21-23-54(38,7)49(40)42(64)28-55(41,8)56(45,73-53)44(65)30-63/h10,13-15,17-18,20-21,23,25,29,31-34,40-43,45,49,53,63-64H,9,11-12,16,19,22,24,26-28,30H2,1-8H3,(H,57,71)(H,58,59)(H,60,66)(H,61,69)(H,62,70)(H,67,68)/b35-10+/t31?,32-,33-,34-,40-,41?,42-,43?,45+,49?,53+,54-,55-,56+/m0/s1. The number of nitrogens with one attached hydrogen (secondary N) is 5. The number of rotatable bonds is 22. The predicted octanol–water partition coefficient (Wildman–Crippen LogP) is 6.84. The molecule has 4 fully saturated rings. The van der Waals surface area contributed by atoms with Gasteiger partial charge >= 0.3 is 5.97 Å². The number of pyridine rings is 1. The highest BCUT2D eigenvalue weighted by molar-refractivity contribution is 8.01. The van der Waals surface area contributed by atoms with E-state index in [-0.39, 0.29) is 53.8 Å². The average Bonchev–Trinajstić information content (AvgIpc) is 3.87. The maximum Gasteiger partial charge on any atom is 0.305 e. The van der Waals surface area contributed by atoms with Crippen LogP contribution in [0.4, 0.5) is 11.5 Å². The molecule has 2 heterocycles. The fourth-order valence-electron chi connectivity index (χ4n) is 12.5. The van der Waals surface area contributed by atoms with Crippen LogP contribution in [0.2, 0.25) is 0 Å². The lowest BCUT2D eigenvalue weighted by atomic mass is 9.46. The van der Waals surface area contributed by atoms with Crippen LogP contribution in [-0.4, -0.2) is 109 Å². The number of carbonyl (C=O) groups excluding carboxylic acids is 5. The van der Waals surface area contributed by atoms with E-state index < -0.39 is 88.8 Å². The third-order valence-corrected chi connectivity index (χ3v) is 17.9. The third-order valence-electron chi connectivity index (χ3n) is 16.5. The minimum Gasteiger partial charge on any atom is -0.481 e. The van der Waals surface area contributed by atoms with Crippen molar-refractivity contribution in [1.82, 2.24) is 20.9 Å². The highest BCUT2D eigenvalue weighted by Crippen LogP contribution is 2.70. The summed E-state index contributed by atoms with van der Waals surface area (Å²) in [4.78, 5) is 81.4. The number of hydrogen-bond donors (Lipinski definition) is 8. The summed E-state index contributed by atoms with van der Waals surface area (Å²) in [5.74, 6) is -2.77. The Morgan fingerprint density at radius 3 is 2.36 bits per heavy atom. The van der Waals surface area contributed by atoms with Crippen LogP contribution in [-0.2, 0) is 38.2 Å². The van der Waals surface area contributed by atoms with Crippen LogP contribution in [0.25, 0.3) is 0 Å². The van der Waals surface area contributed by atoms with E-state index in [1.165, 1.54) is 36.8 Å². The predicted molar refractivity (Wildman–Crippen MR) is 282 cm³/mol. The number of anilines is 2. The number of carboxylic acids is 1. The number of amides is 4. The van der Waals surface area contributed by atoms with E-state index in [2.05, 4.69) is 69.7 Å². The van der Waals surface area contributed by atoms with Crippen molar-refractivity contribution in [3.8, 4) is 0 Å². The van der Waals surface area contributed by atoms with Crippen LogP contribution < -0.4 is 26.6 Å². The Balaban J connectivity index is 0.873. The Bertz CT molecular complexity index is 2500. The monoisotopic (exact) mass is 1040 g/mol. The van der Waals surface area contributed by atoms with Crippen molar-refractivity contribution >= 4 is 58.6 Å². The number of aromatic nitrogens is 1. The second-order valence-corrected chi connectivity index (χ2v) is 23.1. The molecule has 1 saturated heterocycles. The van der Waals surface area contributed by atoms with Crippen LogP contribution in [0.3, 0.4) is 0 Å². The van der Waals surface area contributed by atoms with Gasteiger partial charge in [-0.15, -0.1) is 11.8 Å². The summed E-state index contributed by atoms with van der Waals surface area (Å²) in [5.41, 5.74) is 2.04. The lowest BCUT2D eigenvalue weighted by Gasteiger charge is -2.59. The first kappa shape index (κ1) is 56.3.